The number of unbranched alkanes of at least 4 members (excludes halogenated alkanes) is 2. The Morgan fingerprint density at radius 3 is 2.47 bits per heavy atom. The van der Waals surface area contributed by atoms with Gasteiger partial charge < -0.3 is 5.32 Å². The van der Waals surface area contributed by atoms with Crippen LogP contribution in [0.15, 0.2) is 47.4 Å². The Bertz CT molecular complexity index is 1310. The Labute approximate surface area is 209 Å². The number of nitrogens with zero attached hydrogens (tertiary/aromatic N) is 1. The molecule has 1 saturated heterocycles. The van der Waals surface area contributed by atoms with Crippen LogP contribution in [0.2, 0.25) is 0 Å². The molecule has 0 bridgehead atoms. The summed E-state index contributed by atoms with van der Waals surface area (Å²) in [5, 5.41) is 5.34. The first-order valence-electron chi connectivity index (χ1n) is 11.7. The van der Waals surface area contributed by atoms with E-state index in [4.69, 9.17) is 4.18 Å². The van der Waals surface area contributed by atoms with E-state index in [1.165, 1.54) is 12.1 Å². The highest BCUT2D eigenvalue weighted by Crippen LogP contribution is 2.32. The highest BCUT2D eigenvalue weighted by molar-refractivity contribution is 7.86. The van der Waals surface area contributed by atoms with Crippen molar-refractivity contribution in [1.82, 2.24) is 10.2 Å². The molecule has 2 aliphatic rings. The van der Waals surface area contributed by atoms with Crippen LogP contribution in [0.5, 0.6) is 0 Å². The number of benzene rings is 2. The lowest BCUT2D eigenvalue weighted by Crippen LogP contribution is -2.54. The summed E-state index contributed by atoms with van der Waals surface area (Å²) in [6.07, 6.45) is 2.04. The maximum atomic E-state index is 13.1. The van der Waals surface area contributed by atoms with Crippen LogP contribution in [0.1, 0.15) is 58.4 Å². The van der Waals surface area contributed by atoms with Crippen LogP contribution < -0.4 is 10.6 Å². The number of fused-ring (bicyclic) bond motifs is 1. The molecule has 0 aromatic heterocycles. The molecule has 1 fully saturated rings. The first-order valence-corrected chi connectivity index (χ1v) is 13.1. The number of anilines is 1. The quantitative estimate of drug-likeness (QED) is 0.281. The molecule has 2 aromatic carbocycles. The lowest BCUT2D eigenvalue weighted by molar-refractivity contribution is -0.136. The average molecular weight is 514 g/mol. The average Bonchev–Trinajstić information content (AvgIpc) is 3.09. The van der Waals surface area contributed by atoms with E-state index in [9.17, 15) is 27.6 Å². The minimum atomic E-state index is -3.79. The van der Waals surface area contributed by atoms with E-state index in [-0.39, 0.29) is 35.5 Å². The summed E-state index contributed by atoms with van der Waals surface area (Å²) < 4.78 is 29.5. The van der Waals surface area contributed by atoms with Gasteiger partial charge in [-0.25, -0.2) is 0 Å². The standard InChI is InChI=1S/C25H27N3O7S/c1-16-8-10-17(11-9-16)36(33,34)35-15-4-2-3-14-26-19-7-5-6-18-22(19)25(32)28(24(18)31)20-12-13-21(29)27-23(20)30/h5-11,20,26H,2-4,12-15H2,1H3,(H,27,29,30). The number of hydrogen-bond acceptors (Lipinski definition) is 8. The second-order valence-corrected chi connectivity index (χ2v) is 10.4. The van der Waals surface area contributed by atoms with E-state index in [1.807, 2.05) is 6.92 Å². The Morgan fingerprint density at radius 2 is 1.75 bits per heavy atom. The second kappa shape index (κ2) is 10.6. The SMILES string of the molecule is Cc1ccc(S(=O)(=O)OCCCCCNc2cccc3c2C(=O)N(C2CCC(=O)NC2=O)C3=O)cc1. The largest absolute Gasteiger partial charge is 0.384 e. The van der Waals surface area contributed by atoms with Gasteiger partial charge in [0.05, 0.1) is 22.6 Å². The summed E-state index contributed by atoms with van der Waals surface area (Å²) in [6, 6.07) is 10.3. The molecule has 1 atom stereocenters. The molecular weight excluding hydrogens is 486 g/mol. The molecule has 0 saturated carbocycles. The molecule has 2 heterocycles. The van der Waals surface area contributed by atoms with Crippen molar-refractivity contribution in [2.45, 2.75) is 50.0 Å². The van der Waals surface area contributed by atoms with E-state index in [0.29, 0.717) is 31.5 Å². The van der Waals surface area contributed by atoms with Crippen LogP contribution in [0.3, 0.4) is 0 Å². The van der Waals surface area contributed by atoms with Crippen LogP contribution in [0, 0.1) is 6.92 Å². The van der Waals surface area contributed by atoms with Gasteiger partial charge in [-0.3, -0.25) is 33.6 Å². The van der Waals surface area contributed by atoms with Crippen molar-refractivity contribution in [3.63, 3.8) is 0 Å². The molecule has 2 aromatic rings. The van der Waals surface area contributed by atoms with Gasteiger partial charge in [0.2, 0.25) is 11.8 Å². The van der Waals surface area contributed by atoms with Crippen LogP contribution in [-0.4, -0.2) is 56.1 Å². The Balaban J connectivity index is 1.28. The van der Waals surface area contributed by atoms with Crippen molar-refractivity contribution in [3.8, 4) is 0 Å². The predicted molar refractivity (Wildman–Crippen MR) is 130 cm³/mol. The maximum absolute atomic E-state index is 13.1. The van der Waals surface area contributed by atoms with Crippen molar-refractivity contribution >= 4 is 39.4 Å². The van der Waals surface area contributed by atoms with E-state index in [2.05, 4.69) is 10.6 Å². The number of nitrogens with one attached hydrogen (secondary N) is 2. The molecule has 10 nitrogen and oxygen atoms in total. The number of amides is 4. The molecule has 0 aliphatic carbocycles. The summed E-state index contributed by atoms with van der Waals surface area (Å²) >= 11 is 0. The molecule has 0 spiro atoms. The second-order valence-electron chi connectivity index (χ2n) is 8.75. The minimum Gasteiger partial charge on any atom is -0.384 e. The Morgan fingerprint density at radius 1 is 1.00 bits per heavy atom. The Kier molecular flexibility index (Phi) is 7.51. The van der Waals surface area contributed by atoms with E-state index in [1.54, 1.807) is 30.3 Å². The third-order valence-corrected chi connectivity index (χ3v) is 7.48. The van der Waals surface area contributed by atoms with Gasteiger partial charge in [0.15, 0.2) is 0 Å². The number of hydrogen-bond donors (Lipinski definition) is 2. The number of imide groups is 2. The summed E-state index contributed by atoms with van der Waals surface area (Å²) in [6.45, 7) is 2.42. The van der Waals surface area contributed by atoms with Gasteiger partial charge in [0.25, 0.3) is 21.9 Å². The normalized spacial score (nSPS) is 17.8. The van der Waals surface area contributed by atoms with Crippen molar-refractivity contribution in [1.29, 1.82) is 0 Å². The van der Waals surface area contributed by atoms with Gasteiger partial charge in [-0.05, 0) is 56.9 Å². The van der Waals surface area contributed by atoms with Crippen molar-refractivity contribution in [2.75, 3.05) is 18.5 Å². The summed E-state index contributed by atoms with van der Waals surface area (Å²) in [5.41, 5.74) is 1.86. The zero-order chi connectivity index (χ0) is 25.9. The zero-order valence-corrected chi connectivity index (χ0v) is 20.6. The molecule has 2 N–H and O–H groups in total. The number of aryl methyl sites for hydroxylation is 1. The fourth-order valence-electron chi connectivity index (χ4n) is 4.23. The van der Waals surface area contributed by atoms with Gasteiger partial charge >= 0.3 is 0 Å². The monoisotopic (exact) mass is 513 g/mol. The van der Waals surface area contributed by atoms with E-state index < -0.39 is 39.8 Å². The third-order valence-electron chi connectivity index (χ3n) is 6.15. The van der Waals surface area contributed by atoms with Gasteiger partial charge in [0.1, 0.15) is 6.04 Å². The predicted octanol–water partition coefficient (Wildman–Crippen LogP) is 2.38. The minimum absolute atomic E-state index is 0.0604. The van der Waals surface area contributed by atoms with Gasteiger partial charge in [0, 0.05) is 18.7 Å². The highest BCUT2D eigenvalue weighted by Gasteiger charge is 2.45. The molecule has 0 radical (unpaired) electrons. The van der Waals surface area contributed by atoms with E-state index >= 15 is 0 Å². The molecule has 1 unspecified atom stereocenters. The van der Waals surface area contributed by atoms with Crippen LogP contribution in [0.25, 0.3) is 0 Å². The fraction of sp³-hybridized carbons (Fsp3) is 0.360. The summed E-state index contributed by atoms with van der Waals surface area (Å²) in [5.74, 6) is -2.20. The fourth-order valence-corrected chi connectivity index (χ4v) is 5.17. The molecular formula is C25H27N3O7S. The highest BCUT2D eigenvalue weighted by atomic mass is 32.2. The molecule has 11 heteroatoms. The van der Waals surface area contributed by atoms with Crippen LogP contribution >= 0.6 is 0 Å². The number of carbonyl (C=O) groups is 4. The van der Waals surface area contributed by atoms with Gasteiger partial charge in [-0.15, -0.1) is 0 Å². The molecule has 4 rings (SSSR count). The molecule has 190 valence electrons. The summed E-state index contributed by atoms with van der Waals surface area (Å²) in [7, 11) is -3.79. The topological polar surface area (TPSA) is 139 Å². The zero-order valence-electron chi connectivity index (χ0n) is 19.8. The van der Waals surface area contributed by atoms with E-state index in [0.717, 1.165) is 10.5 Å². The van der Waals surface area contributed by atoms with Crippen LogP contribution in [-0.2, 0) is 23.9 Å². The lowest BCUT2D eigenvalue weighted by Gasteiger charge is -2.27. The maximum Gasteiger partial charge on any atom is 0.296 e. The number of carbonyl (C=O) groups excluding carboxylic acids is 4. The first kappa shape index (κ1) is 25.5. The Hall–Kier alpha value is -3.57. The third kappa shape index (κ3) is 5.31. The lowest BCUT2D eigenvalue weighted by atomic mass is 10.0. The molecule has 36 heavy (non-hydrogen) atoms. The van der Waals surface area contributed by atoms with Gasteiger partial charge in [-0.2, -0.15) is 8.42 Å². The molecule has 2 aliphatic heterocycles. The molecule has 4 amide bonds. The smallest absolute Gasteiger partial charge is 0.296 e. The number of rotatable bonds is 10. The van der Waals surface area contributed by atoms with Crippen molar-refractivity contribution in [3.05, 3.63) is 59.2 Å². The van der Waals surface area contributed by atoms with Crippen molar-refractivity contribution in [2.24, 2.45) is 0 Å². The van der Waals surface area contributed by atoms with Crippen molar-refractivity contribution < 1.29 is 31.8 Å². The van der Waals surface area contributed by atoms with Crippen LogP contribution in [0.4, 0.5) is 5.69 Å². The summed E-state index contributed by atoms with van der Waals surface area (Å²) in [4.78, 5) is 50.7. The first-order chi connectivity index (χ1) is 17.2. The van der Waals surface area contributed by atoms with Gasteiger partial charge in [-0.1, -0.05) is 23.8 Å². The number of piperidine rings is 1.